The van der Waals surface area contributed by atoms with Crippen LogP contribution in [0.25, 0.3) is 11.4 Å². The van der Waals surface area contributed by atoms with Gasteiger partial charge >= 0.3 is 0 Å². The largest absolute Gasteiger partial charge is 0.492 e. The van der Waals surface area contributed by atoms with Crippen molar-refractivity contribution in [1.29, 1.82) is 0 Å². The highest BCUT2D eigenvalue weighted by Gasteiger charge is 2.20. The van der Waals surface area contributed by atoms with Gasteiger partial charge in [0.2, 0.25) is 0 Å². The minimum atomic E-state index is 0.654. The molecule has 2 aromatic rings. The van der Waals surface area contributed by atoms with E-state index in [0.29, 0.717) is 6.61 Å². The molecule has 4 nitrogen and oxygen atoms in total. The Balaban J connectivity index is 1.89. The maximum atomic E-state index is 5.81. The quantitative estimate of drug-likeness (QED) is 0.855. The van der Waals surface area contributed by atoms with Crippen LogP contribution in [0.15, 0.2) is 23.2 Å². The first-order valence-electron chi connectivity index (χ1n) is 8.01. The van der Waals surface area contributed by atoms with Gasteiger partial charge in [-0.2, -0.15) is 0 Å². The number of likely N-dealkylation sites (N-methyl/N-ethyl adjacent to an activating group) is 1. The van der Waals surface area contributed by atoms with Gasteiger partial charge in [0.25, 0.3) is 0 Å². The van der Waals surface area contributed by atoms with Crippen molar-refractivity contribution in [3.8, 4) is 17.1 Å². The zero-order valence-electron chi connectivity index (χ0n) is 14.0. The van der Waals surface area contributed by atoms with Crippen LogP contribution in [-0.2, 0) is 12.8 Å². The van der Waals surface area contributed by atoms with Gasteiger partial charge in [-0.1, -0.05) is 0 Å². The van der Waals surface area contributed by atoms with Gasteiger partial charge in [0, 0.05) is 29.4 Å². The van der Waals surface area contributed by atoms with E-state index < -0.39 is 0 Å². The standard InChI is InChI=1S/C18H23N3OS/c1-12-14-5-4-6-15(14)20-17(18(12)23)16-11-13(7-8-19-16)22-10-9-21(2)3/h7-8,11,23H,4-6,9-10H2,1-3H3. The number of ether oxygens (including phenoxy) is 1. The highest BCUT2D eigenvalue weighted by Crippen LogP contribution is 2.34. The molecule has 1 aliphatic rings. The lowest BCUT2D eigenvalue weighted by Crippen LogP contribution is -2.19. The summed E-state index contributed by atoms with van der Waals surface area (Å²) in [5.41, 5.74) is 5.51. The summed E-state index contributed by atoms with van der Waals surface area (Å²) in [5.74, 6) is 0.824. The summed E-state index contributed by atoms with van der Waals surface area (Å²) in [4.78, 5) is 12.3. The van der Waals surface area contributed by atoms with E-state index in [1.54, 1.807) is 6.20 Å². The molecular weight excluding hydrogens is 306 g/mol. The van der Waals surface area contributed by atoms with Crippen LogP contribution in [0.2, 0.25) is 0 Å². The Morgan fingerprint density at radius 2 is 2.13 bits per heavy atom. The van der Waals surface area contributed by atoms with Crippen molar-refractivity contribution in [3.63, 3.8) is 0 Å². The molecule has 0 bridgehead atoms. The molecule has 0 unspecified atom stereocenters. The Bertz CT molecular complexity index is 716. The third-order valence-electron chi connectivity index (χ3n) is 4.25. The maximum absolute atomic E-state index is 5.81. The topological polar surface area (TPSA) is 38.2 Å². The first-order valence-corrected chi connectivity index (χ1v) is 8.46. The zero-order chi connectivity index (χ0) is 16.4. The lowest BCUT2D eigenvalue weighted by Gasteiger charge is -2.14. The van der Waals surface area contributed by atoms with Gasteiger partial charge in [0.1, 0.15) is 18.1 Å². The molecule has 5 heteroatoms. The van der Waals surface area contributed by atoms with Gasteiger partial charge in [0.15, 0.2) is 0 Å². The Hall–Kier alpha value is -1.59. The van der Waals surface area contributed by atoms with E-state index in [1.807, 2.05) is 26.2 Å². The van der Waals surface area contributed by atoms with Crippen molar-refractivity contribution in [2.75, 3.05) is 27.2 Å². The van der Waals surface area contributed by atoms with Crippen molar-refractivity contribution in [2.24, 2.45) is 0 Å². The molecule has 3 rings (SSSR count). The minimum absolute atomic E-state index is 0.654. The second-order valence-electron chi connectivity index (χ2n) is 6.24. The van der Waals surface area contributed by atoms with E-state index in [4.69, 9.17) is 22.3 Å². The lowest BCUT2D eigenvalue weighted by molar-refractivity contribution is 0.261. The number of fused-ring (bicyclic) bond motifs is 1. The predicted molar refractivity (Wildman–Crippen MR) is 95.5 cm³/mol. The third kappa shape index (κ3) is 3.51. The summed E-state index contributed by atoms with van der Waals surface area (Å²) in [7, 11) is 4.07. The van der Waals surface area contributed by atoms with Gasteiger partial charge in [-0.3, -0.25) is 4.98 Å². The monoisotopic (exact) mass is 329 g/mol. The van der Waals surface area contributed by atoms with E-state index >= 15 is 0 Å². The van der Waals surface area contributed by atoms with Crippen molar-refractivity contribution in [2.45, 2.75) is 31.1 Å². The molecule has 0 atom stereocenters. The van der Waals surface area contributed by atoms with Crippen molar-refractivity contribution >= 4 is 12.6 Å². The normalized spacial score (nSPS) is 13.4. The van der Waals surface area contributed by atoms with Crippen molar-refractivity contribution in [1.82, 2.24) is 14.9 Å². The average molecular weight is 329 g/mol. The molecule has 2 aromatic heterocycles. The molecule has 2 heterocycles. The highest BCUT2D eigenvalue weighted by atomic mass is 32.1. The van der Waals surface area contributed by atoms with Crippen LogP contribution in [0.4, 0.5) is 0 Å². The number of aromatic nitrogens is 2. The average Bonchev–Trinajstić information content (AvgIpc) is 2.99. The van der Waals surface area contributed by atoms with E-state index in [0.717, 1.165) is 41.4 Å². The molecule has 122 valence electrons. The zero-order valence-corrected chi connectivity index (χ0v) is 14.9. The Labute approximate surface area is 143 Å². The van der Waals surface area contributed by atoms with Gasteiger partial charge in [-0.05, 0) is 57.5 Å². The molecule has 23 heavy (non-hydrogen) atoms. The molecule has 1 aliphatic carbocycles. The fourth-order valence-corrected chi connectivity index (χ4v) is 3.22. The molecule has 0 saturated carbocycles. The van der Waals surface area contributed by atoms with Crippen LogP contribution in [-0.4, -0.2) is 42.1 Å². The second kappa shape index (κ2) is 6.89. The Morgan fingerprint density at radius 3 is 2.91 bits per heavy atom. The number of thiol groups is 1. The van der Waals surface area contributed by atoms with E-state index in [1.165, 1.54) is 23.2 Å². The minimum Gasteiger partial charge on any atom is -0.492 e. The fraction of sp³-hybridized carbons (Fsp3) is 0.444. The molecule has 0 amide bonds. The fourth-order valence-electron chi connectivity index (χ4n) is 2.92. The summed E-state index contributed by atoms with van der Waals surface area (Å²) in [6, 6.07) is 3.84. The number of rotatable bonds is 5. The van der Waals surface area contributed by atoms with Crippen LogP contribution in [0.1, 0.15) is 23.2 Å². The predicted octanol–water partition coefficient (Wildman–Crippen LogP) is 3.17. The van der Waals surface area contributed by atoms with Gasteiger partial charge in [-0.15, -0.1) is 12.6 Å². The summed E-state index contributed by atoms with van der Waals surface area (Å²) < 4.78 is 5.81. The number of hydrogen-bond acceptors (Lipinski definition) is 5. The van der Waals surface area contributed by atoms with Crippen LogP contribution < -0.4 is 4.74 Å². The summed E-state index contributed by atoms with van der Waals surface area (Å²) in [6.07, 6.45) is 5.12. The van der Waals surface area contributed by atoms with Crippen LogP contribution in [0.3, 0.4) is 0 Å². The Kier molecular flexibility index (Phi) is 4.87. The van der Waals surface area contributed by atoms with Crippen molar-refractivity contribution in [3.05, 3.63) is 35.2 Å². The second-order valence-corrected chi connectivity index (χ2v) is 6.69. The van der Waals surface area contributed by atoms with Crippen LogP contribution >= 0.6 is 12.6 Å². The molecular formula is C18H23N3OS. The summed E-state index contributed by atoms with van der Waals surface area (Å²) in [5, 5.41) is 0. The first kappa shape index (κ1) is 16.3. The van der Waals surface area contributed by atoms with Crippen molar-refractivity contribution < 1.29 is 4.74 Å². The SMILES string of the molecule is Cc1c(S)c(-c2cc(OCCN(C)C)ccn2)nc2c1CCC2. The molecule has 0 spiro atoms. The van der Waals surface area contributed by atoms with Crippen LogP contribution in [0, 0.1) is 6.92 Å². The molecule has 0 radical (unpaired) electrons. The Morgan fingerprint density at radius 1 is 1.30 bits per heavy atom. The molecule has 0 N–H and O–H groups in total. The van der Waals surface area contributed by atoms with Gasteiger partial charge in [0.05, 0.1) is 5.69 Å². The molecule has 0 saturated heterocycles. The van der Waals surface area contributed by atoms with Crippen LogP contribution in [0.5, 0.6) is 5.75 Å². The van der Waals surface area contributed by atoms with E-state index in [-0.39, 0.29) is 0 Å². The maximum Gasteiger partial charge on any atom is 0.123 e. The molecule has 0 aliphatic heterocycles. The number of aryl methyl sites for hydroxylation is 1. The number of hydrogen-bond donors (Lipinski definition) is 1. The molecule has 0 fully saturated rings. The van der Waals surface area contributed by atoms with Gasteiger partial charge < -0.3 is 9.64 Å². The third-order valence-corrected chi connectivity index (χ3v) is 4.80. The molecule has 0 aromatic carbocycles. The smallest absolute Gasteiger partial charge is 0.123 e. The van der Waals surface area contributed by atoms with E-state index in [2.05, 4.69) is 16.8 Å². The number of pyridine rings is 2. The lowest BCUT2D eigenvalue weighted by atomic mass is 10.1. The van der Waals surface area contributed by atoms with E-state index in [9.17, 15) is 0 Å². The van der Waals surface area contributed by atoms with Gasteiger partial charge in [-0.25, -0.2) is 4.98 Å². The first-order chi connectivity index (χ1) is 11.1. The summed E-state index contributed by atoms with van der Waals surface area (Å²) >= 11 is 4.70. The highest BCUT2D eigenvalue weighted by molar-refractivity contribution is 7.80. The summed E-state index contributed by atoms with van der Waals surface area (Å²) in [6.45, 7) is 3.67. The number of nitrogens with zero attached hydrogens (tertiary/aromatic N) is 3.